The fourth-order valence-electron chi connectivity index (χ4n) is 1.52. The van der Waals surface area contributed by atoms with Crippen LogP contribution in [0.2, 0.25) is 0 Å². The van der Waals surface area contributed by atoms with E-state index in [9.17, 15) is 8.78 Å². The molecule has 1 heterocycles. The summed E-state index contributed by atoms with van der Waals surface area (Å²) in [6, 6.07) is 7.79. The normalized spacial score (nSPS) is 10.3. The van der Waals surface area contributed by atoms with Crippen molar-refractivity contribution < 1.29 is 13.5 Å². The van der Waals surface area contributed by atoms with E-state index in [0.717, 1.165) is 0 Å². The Hall–Kier alpha value is -2.35. The van der Waals surface area contributed by atoms with Gasteiger partial charge in [0.1, 0.15) is 10.7 Å². The van der Waals surface area contributed by atoms with Crippen molar-refractivity contribution in [2.24, 2.45) is 5.73 Å². The smallest absolute Gasteiger partial charge is 0.387 e. The van der Waals surface area contributed by atoms with Gasteiger partial charge in [0.25, 0.3) is 0 Å². The number of rotatable bonds is 5. The lowest BCUT2D eigenvalue weighted by Gasteiger charge is -2.13. The summed E-state index contributed by atoms with van der Waals surface area (Å²) in [6.45, 7) is -2.92. The van der Waals surface area contributed by atoms with Crippen molar-refractivity contribution in [2.45, 2.75) is 6.61 Å². The highest BCUT2D eigenvalue weighted by Crippen LogP contribution is 2.28. The molecular formula is C12H10F2N4OS. The van der Waals surface area contributed by atoms with Gasteiger partial charge in [-0.05, 0) is 18.2 Å². The van der Waals surface area contributed by atoms with Crippen LogP contribution in [0.3, 0.4) is 0 Å². The van der Waals surface area contributed by atoms with Crippen molar-refractivity contribution >= 4 is 28.7 Å². The highest BCUT2D eigenvalue weighted by Gasteiger charge is 2.12. The third kappa shape index (κ3) is 3.35. The summed E-state index contributed by atoms with van der Waals surface area (Å²) in [6.07, 6.45) is 1.43. The molecule has 0 unspecified atom stereocenters. The summed E-state index contributed by atoms with van der Waals surface area (Å²) in [5.74, 6) is 0.257. The third-order valence-electron chi connectivity index (χ3n) is 2.34. The number of para-hydroxylation sites is 2. The van der Waals surface area contributed by atoms with Crippen LogP contribution in [0.5, 0.6) is 5.75 Å². The molecule has 0 fully saturated rings. The van der Waals surface area contributed by atoms with Crippen LogP contribution >= 0.6 is 12.2 Å². The van der Waals surface area contributed by atoms with Crippen LogP contribution in [0, 0.1) is 0 Å². The molecule has 0 saturated carbocycles. The molecule has 2 rings (SSSR count). The lowest BCUT2D eigenvalue weighted by atomic mass is 10.2. The maximum atomic E-state index is 12.3. The number of nitrogens with one attached hydrogen (secondary N) is 1. The zero-order valence-corrected chi connectivity index (χ0v) is 10.9. The number of hydrogen-bond donors (Lipinski definition) is 2. The fourth-order valence-corrected chi connectivity index (χ4v) is 1.68. The summed E-state index contributed by atoms with van der Waals surface area (Å²) in [7, 11) is 0. The molecule has 0 aliphatic heterocycles. The Kier molecular flexibility index (Phi) is 4.36. The van der Waals surface area contributed by atoms with Crippen LogP contribution in [0.4, 0.5) is 20.3 Å². The van der Waals surface area contributed by atoms with Crippen LogP contribution in [-0.4, -0.2) is 21.8 Å². The number of nitrogens with zero attached hydrogens (tertiary/aromatic N) is 2. The second-order valence-corrected chi connectivity index (χ2v) is 4.10. The first-order chi connectivity index (χ1) is 9.58. The van der Waals surface area contributed by atoms with Gasteiger partial charge in [-0.15, -0.1) is 5.10 Å². The fraction of sp³-hybridized carbons (Fsp3) is 0.0833. The maximum absolute atomic E-state index is 12.3. The number of hydrogen-bond acceptors (Lipinski definition) is 5. The summed E-state index contributed by atoms with van der Waals surface area (Å²) in [5.41, 5.74) is 6.33. The lowest BCUT2D eigenvalue weighted by Crippen LogP contribution is -2.14. The number of anilines is 2. The molecule has 0 saturated heterocycles. The summed E-state index contributed by atoms with van der Waals surface area (Å²) in [4.78, 5) is 0.120. The summed E-state index contributed by atoms with van der Waals surface area (Å²) < 4.78 is 29.1. The van der Waals surface area contributed by atoms with Gasteiger partial charge in [-0.1, -0.05) is 24.4 Å². The van der Waals surface area contributed by atoms with Gasteiger partial charge in [0, 0.05) is 0 Å². The zero-order chi connectivity index (χ0) is 14.5. The molecule has 3 N–H and O–H groups in total. The van der Waals surface area contributed by atoms with E-state index < -0.39 is 6.61 Å². The number of nitrogens with two attached hydrogens (primary N) is 1. The molecule has 1 aromatic carbocycles. The van der Waals surface area contributed by atoms with Crippen LogP contribution in [-0.2, 0) is 0 Å². The number of benzene rings is 1. The monoisotopic (exact) mass is 296 g/mol. The average Bonchev–Trinajstić information content (AvgIpc) is 2.41. The Morgan fingerprint density at radius 1 is 1.30 bits per heavy atom. The van der Waals surface area contributed by atoms with E-state index in [1.54, 1.807) is 24.3 Å². The lowest BCUT2D eigenvalue weighted by molar-refractivity contribution is -0.0493. The number of alkyl halides is 2. The van der Waals surface area contributed by atoms with Crippen molar-refractivity contribution in [3.63, 3.8) is 0 Å². The molecule has 0 spiro atoms. The Labute approximate surface area is 118 Å². The minimum atomic E-state index is -2.92. The number of aromatic nitrogens is 2. The largest absolute Gasteiger partial charge is 0.433 e. The zero-order valence-electron chi connectivity index (χ0n) is 10.1. The second-order valence-electron chi connectivity index (χ2n) is 3.66. The van der Waals surface area contributed by atoms with Gasteiger partial charge in [0.15, 0.2) is 5.82 Å². The predicted molar refractivity (Wildman–Crippen MR) is 74.3 cm³/mol. The van der Waals surface area contributed by atoms with E-state index >= 15 is 0 Å². The number of thiocarbonyl (C=S) groups is 1. The summed E-state index contributed by atoms with van der Waals surface area (Å²) >= 11 is 4.89. The predicted octanol–water partition coefficient (Wildman–Crippen LogP) is 2.46. The first kappa shape index (κ1) is 14.1. The third-order valence-corrected chi connectivity index (χ3v) is 2.56. The molecule has 20 heavy (non-hydrogen) atoms. The first-order valence-electron chi connectivity index (χ1n) is 5.50. The van der Waals surface area contributed by atoms with Crippen LogP contribution in [0.25, 0.3) is 0 Å². The molecule has 0 radical (unpaired) electrons. The molecule has 0 amide bonds. The van der Waals surface area contributed by atoms with E-state index in [-0.39, 0.29) is 16.6 Å². The van der Waals surface area contributed by atoms with Gasteiger partial charge in [0.05, 0.1) is 17.4 Å². The number of ether oxygens (including phenoxy) is 1. The highest BCUT2D eigenvalue weighted by molar-refractivity contribution is 7.80. The van der Waals surface area contributed by atoms with E-state index in [2.05, 4.69) is 20.3 Å². The van der Waals surface area contributed by atoms with Gasteiger partial charge in [-0.25, -0.2) is 0 Å². The van der Waals surface area contributed by atoms with E-state index in [4.69, 9.17) is 18.0 Å². The van der Waals surface area contributed by atoms with Crippen molar-refractivity contribution in [3.05, 3.63) is 42.1 Å². The van der Waals surface area contributed by atoms with E-state index in [0.29, 0.717) is 11.3 Å². The molecule has 0 aliphatic rings. The highest BCUT2D eigenvalue weighted by atomic mass is 32.1. The standard InChI is InChI=1S/C12H10F2N4OS/c13-12(14)19-9-4-2-1-3-8(9)17-11-7(10(15)20)5-6-16-18-11/h1-6,12H,(H2,15,20)(H,17,18). The maximum Gasteiger partial charge on any atom is 0.387 e. The summed E-state index contributed by atoms with van der Waals surface area (Å²) in [5, 5.41) is 10.4. The Morgan fingerprint density at radius 3 is 2.75 bits per heavy atom. The van der Waals surface area contributed by atoms with Crippen molar-refractivity contribution in [1.82, 2.24) is 10.2 Å². The van der Waals surface area contributed by atoms with Gasteiger partial charge < -0.3 is 15.8 Å². The van der Waals surface area contributed by atoms with Crippen molar-refractivity contribution in [2.75, 3.05) is 5.32 Å². The second kappa shape index (κ2) is 6.20. The number of halogens is 2. The molecule has 0 atom stereocenters. The van der Waals surface area contributed by atoms with Gasteiger partial charge in [0.2, 0.25) is 0 Å². The van der Waals surface area contributed by atoms with Gasteiger partial charge in [-0.2, -0.15) is 13.9 Å². The molecule has 0 bridgehead atoms. The van der Waals surface area contributed by atoms with Crippen LogP contribution in [0.1, 0.15) is 5.56 Å². The van der Waals surface area contributed by atoms with Crippen molar-refractivity contribution in [3.8, 4) is 5.75 Å². The van der Waals surface area contributed by atoms with E-state index in [1.165, 1.54) is 12.3 Å². The minimum Gasteiger partial charge on any atom is -0.433 e. The SMILES string of the molecule is NC(=S)c1ccnnc1Nc1ccccc1OC(F)F. The van der Waals surface area contributed by atoms with E-state index in [1.807, 2.05) is 0 Å². The topological polar surface area (TPSA) is 73.1 Å². The van der Waals surface area contributed by atoms with Gasteiger partial charge >= 0.3 is 6.61 Å². The Morgan fingerprint density at radius 2 is 2.05 bits per heavy atom. The Balaban J connectivity index is 2.33. The van der Waals surface area contributed by atoms with Crippen LogP contribution < -0.4 is 15.8 Å². The molecule has 5 nitrogen and oxygen atoms in total. The Bertz CT molecular complexity index is 624. The molecule has 1 aromatic heterocycles. The molecule has 2 aromatic rings. The van der Waals surface area contributed by atoms with Crippen molar-refractivity contribution in [1.29, 1.82) is 0 Å². The molecule has 8 heteroatoms. The quantitative estimate of drug-likeness (QED) is 0.826. The first-order valence-corrected chi connectivity index (χ1v) is 5.91. The molecule has 0 aliphatic carbocycles. The van der Waals surface area contributed by atoms with Crippen LogP contribution in [0.15, 0.2) is 36.5 Å². The molecule has 104 valence electrons. The molecular weight excluding hydrogens is 286 g/mol. The minimum absolute atomic E-state index is 0.0120. The average molecular weight is 296 g/mol. The van der Waals surface area contributed by atoms with Gasteiger partial charge in [-0.3, -0.25) is 0 Å².